The van der Waals surface area contributed by atoms with E-state index in [0.717, 1.165) is 10.6 Å². The molecule has 2 aromatic carbocycles. The van der Waals surface area contributed by atoms with Crippen molar-refractivity contribution in [2.45, 2.75) is 19.9 Å². The molecule has 0 aliphatic carbocycles. The van der Waals surface area contributed by atoms with Crippen molar-refractivity contribution in [1.29, 1.82) is 0 Å². The molecule has 1 N–H and O–H groups in total. The van der Waals surface area contributed by atoms with Gasteiger partial charge in [-0.05, 0) is 50.2 Å². The number of carbonyl (C=O) groups excluding carboxylic acids is 2. The van der Waals surface area contributed by atoms with Crippen molar-refractivity contribution < 1.29 is 27.5 Å². The van der Waals surface area contributed by atoms with Gasteiger partial charge in [0.05, 0.1) is 36.2 Å². The normalized spacial score (nSPS) is 12.0. The van der Waals surface area contributed by atoms with Gasteiger partial charge in [-0.25, -0.2) is 13.2 Å². The van der Waals surface area contributed by atoms with Crippen LogP contribution in [0.1, 0.15) is 24.2 Å². The van der Waals surface area contributed by atoms with Crippen LogP contribution in [0, 0.1) is 0 Å². The van der Waals surface area contributed by atoms with Gasteiger partial charge in [0, 0.05) is 5.69 Å². The second kappa shape index (κ2) is 9.82. The zero-order valence-electron chi connectivity index (χ0n) is 17.0. The van der Waals surface area contributed by atoms with Crippen LogP contribution < -0.4 is 14.4 Å². The number of nitrogens with one attached hydrogen (secondary N) is 1. The molecule has 0 fully saturated rings. The smallest absolute Gasteiger partial charge is 0.338 e. The third-order valence-corrected chi connectivity index (χ3v) is 5.66. The molecular formula is C20H23ClN2O6S. The Morgan fingerprint density at radius 1 is 1.20 bits per heavy atom. The molecular weight excluding hydrogens is 432 g/mol. The maximum atomic E-state index is 12.8. The fourth-order valence-corrected chi connectivity index (χ4v) is 4.20. The molecule has 2 rings (SSSR count). The van der Waals surface area contributed by atoms with E-state index in [4.69, 9.17) is 21.1 Å². The van der Waals surface area contributed by atoms with E-state index < -0.39 is 27.9 Å². The quantitative estimate of drug-likeness (QED) is 0.614. The number of hydrogen-bond acceptors (Lipinski definition) is 6. The Labute approximate surface area is 180 Å². The van der Waals surface area contributed by atoms with E-state index in [-0.39, 0.29) is 22.9 Å². The summed E-state index contributed by atoms with van der Waals surface area (Å²) in [5, 5.41) is 2.83. The van der Waals surface area contributed by atoms with E-state index in [9.17, 15) is 18.0 Å². The molecule has 0 aliphatic heterocycles. The maximum Gasteiger partial charge on any atom is 0.338 e. The molecule has 162 valence electrons. The topological polar surface area (TPSA) is 102 Å². The number of benzene rings is 2. The molecule has 0 bridgehead atoms. The highest BCUT2D eigenvalue weighted by atomic mass is 35.5. The van der Waals surface area contributed by atoms with Crippen LogP contribution in [-0.2, 0) is 19.6 Å². The summed E-state index contributed by atoms with van der Waals surface area (Å²) in [6.45, 7) is 3.36. The molecule has 10 heteroatoms. The number of methoxy groups -OCH3 is 1. The van der Waals surface area contributed by atoms with Gasteiger partial charge >= 0.3 is 5.97 Å². The highest BCUT2D eigenvalue weighted by Gasteiger charge is 2.29. The molecule has 0 aromatic heterocycles. The van der Waals surface area contributed by atoms with Crippen LogP contribution in [0.5, 0.6) is 5.75 Å². The highest BCUT2D eigenvalue weighted by molar-refractivity contribution is 7.92. The number of carbonyl (C=O) groups is 2. The summed E-state index contributed by atoms with van der Waals surface area (Å²) in [7, 11) is -2.38. The monoisotopic (exact) mass is 454 g/mol. The third-order valence-electron chi connectivity index (χ3n) is 4.12. The molecule has 0 aliphatic rings. The fraction of sp³-hybridized carbons (Fsp3) is 0.300. The largest absolute Gasteiger partial charge is 0.495 e. The fourth-order valence-electron chi connectivity index (χ4n) is 2.79. The van der Waals surface area contributed by atoms with Crippen LogP contribution in [0.3, 0.4) is 0 Å². The van der Waals surface area contributed by atoms with Crippen molar-refractivity contribution in [3.63, 3.8) is 0 Å². The van der Waals surface area contributed by atoms with Crippen molar-refractivity contribution >= 4 is 44.9 Å². The minimum absolute atomic E-state index is 0.207. The number of ether oxygens (including phenoxy) is 2. The Morgan fingerprint density at radius 3 is 2.47 bits per heavy atom. The van der Waals surface area contributed by atoms with Crippen LogP contribution in [0.25, 0.3) is 0 Å². The molecule has 0 radical (unpaired) electrons. The van der Waals surface area contributed by atoms with Gasteiger partial charge in [0.1, 0.15) is 11.8 Å². The third kappa shape index (κ3) is 5.64. The molecule has 0 saturated heterocycles. The molecule has 0 spiro atoms. The van der Waals surface area contributed by atoms with Gasteiger partial charge in [0.15, 0.2) is 0 Å². The van der Waals surface area contributed by atoms with Gasteiger partial charge in [-0.1, -0.05) is 17.7 Å². The molecule has 2 aromatic rings. The van der Waals surface area contributed by atoms with E-state index in [1.165, 1.54) is 38.3 Å². The highest BCUT2D eigenvalue weighted by Crippen LogP contribution is 2.31. The Hall–Kier alpha value is -2.78. The maximum absolute atomic E-state index is 12.8. The van der Waals surface area contributed by atoms with Gasteiger partial charge in [-0.3, -0.25) is 9.10 Å². The minimum atomic E-state index is -3.82. The summed E-state index contributed by atoms with van der Waals surface area (Å²) in [5.41, 5.74) is 0.814. The second-order valence-electron chi connectivity index (χ2n) is 6.34. The Bertz CT molecular complexity index is 1040. The summed E-state index contributed by atoms with van der Waals surface area (Å²) in [6.07, 6.45) is 0.996. The van der Waals surface area contributed by atoms with Crippen molar-refractivity contribution in [2.24, 2.45) is 0 Å². The second-order valence-corrected chi connectivity index (χ2v) is 8.61. The Balaban J connectivity index is 2.30. The van der Waals surface area contributed by atoms with Crippen LogP contribution in [-0.4, -0.2) is 46.3 Å². The predicted molar refractivity (Wildman–Crippen MR) is 116 cm³/mol. The summed E-state index contributed by atoms with van der Waals surface area (Å²) in [6, 6.07) is 9.51. The summed E-state index contributed by atoms with van der Waals surface area (Å²) in [5.74, 6) is -0.734. The summed E-state index contributed by atoms with van der Waals surface area (Å²) in [4.78, 5) is 24.7. The first kappa shape index (κ1) is 23.5. The molecule has 0 unspecified atom stereocenters. The molecule has 30 heavy (non-hydrogen) atoms. The minimum Gasteiger partial charge on any atom is -0.495 e. The van der Waals surface area contributed by atoms with Crippen LogP contribution in [0.15, 0.2) is 42.5 Å². The van der Waals surface area contributed by atoms with Crippen molar-refractivity contribution in [1.82, 2.24) is 0 Å². The lowest BCUT2D eigenvalue weighted by Crippen LogP contribution is -2.45. The number of sulfonamides is 1. The number of halogens is 1. The van der Waals surface area contributed by atoms with Crippen LogP contribution >= 0.6 is 11.6 Å². The average Bonchev–Trinajstić information content (AvgIpc) is 2.67. The van der Waals surface area contributed by atoms with Gasteiger partial charge < -0.3 is 14.8 Å². The SMILES string of the molecule is CCOC(=O)c1cccc(NC(=O)[C@@H](C)N(c2ccc(OC)c(Cl)c2)S(C)(=O)=O)c1. The van der Waals surface area contributed by atoms with Gasteiger partial charge in [-0.15, -0.1) is 0 Å². The number of amides is 1. The van der Waals surface area contributed by atoms with Crippen molar-refractivity contribution in [3.8, 4) is 5.75 Å². The van der Waals surface area contributed by atoms with Gasteiger partial charge in [0.25, 0.3) is 0 Å². The molecule has 1 amide bonds. The lowest BCUT2D eigenvalue weighted by atomic mass is 10.2. The number of rotatable bonds is 8. The van der Waals surface area contributed by atoms with E-state index in [1.807, 2.05) is 0 Å². The van der Waals surface area contributed by atoms with Crippen molar-refractivity contribution in [3.05, 3.63) is 53.1 Å². The van der Waals surface area contributed by atoms with Crippen molar-refractivity contribution in [2.75, 3.05) is 29.6 Å². The van der Waals surface area contributed by atoms with E-state index in [0.29, 0.717) is 11.4 Å². The Kier molecular flexibility index (Phi) is 7.69. The summed E-state index contributed by atoms with van der Waals surface area (Å²) >= 11 is 6.12. The molecule has 0 saturated carbocycles. The lowest BCUT2D eigenvalue weighted by Gasteiger charge is -2.28. The number of anilines is 2. The molecule has 1 atom stereocenters. The average molecular weight is 455 g/mol. The number of hydrogen-bond donors (Lipinski definition) is 1. The first-order valence-corrected chi connectivity index (χ1v) is 11.2. The zero-order valence-corrected chi connectivity index (χ0v) is 18.6. The first-order valence-electron chi connectivity index (χ1n) is 8.99. The lowest BCUT2D eigenvalue weighted by molar-refractivity contribution is -0.116. The van der Waals surface area contributed by atoms with Crippen LogP contribution in [0.2, 0.25) is 5.02 Å². The standard InChI is InChI=1S/C20H23ClN2O6S/c1-5-29-20(25)14-7-6-8-15(11-14)22-19(24)13(2)23(30(4,26)27)16-9-10-18(28-3)17(21)12-16/h6-13H,5H2,1-4H3,(H,22,24)/t13-/m1/s1. The Morgan fingerprint density at radius 2 is 1.90 bits per heavy atom. The molecule has 8 nitrogen and oxygen atoms in total. The van der Waals surface area contributed by atoms with Gasteiger partial charge in [0.2, 0.25) is 15.9 Å². The van der Waals surface area contributed by atoms with E-state index in [1.54, 1.807) is 25.1 Å². The zero-order chi connectivity index (χ0) is 22.5. The van der Waals surface area contributed by atoms with Gasteiger partial charge in [-0.2, -0.15) is 0 Å². The van der Waals surface area contributed by atoms with Crippen LogP contribution in [0.4, 0.5) is 11.4 Å². The van der Waals surface area contributed by atoms with E-state index >= 15 is 0 Å². The van der Waals surface area contributed by atoms with E-state index in [2.05, 4.69) is 5.32 Å². The molecule has 0 heterocycles. The number of nitrogens with zero attached hydrogens (tertiary/aromatic N) is 1. The number of esters is 1. The first-order chi connectivity index (χ1) is 14.1. The summed E-state index contributed by atoms with van der Waals surface area (Å²) < 4.78 is 35.8. The predicted octanol–water partition coefficient (Wildman–Crippen LogP) is 3.32.